The first kappa shape index (κ1) is 14.8. The molecule has 1 fully saturated rings. The molecule has 0 unspecified atom stereocenters. The Morgan fingerprint density at radius 3 is 2.79 bits per heavy atom. The molecule has 2 rings (SSSR count). The Kier molecular flexibility index (Phi) is 4.87. The summed E-state index contributed by atoms with van der Waals surface area (Å²) in [6.07, 6.45) is 1.52. The highest BCUT2D eigenvalue weighted by Gasteiger charge is 2.33. The normalized spacial score (nSPS) is 18.1. The summed E-state index contributed by atoms with van der Waals surface area (Å²) in [6.45, 7) is 3.22. The van der Waals surface area contributed by atoms with Gasteiger partial charge < -0.3 is 10.1 Å². The van der Waals surface area contributed by atoms with Crippen LogP contribution in [0.2, 0.25) is 0 Å². The highest BCUT2D eigenvalue weighted by molar-refractivity contribution is 9.10. The summed E-state index contributed by atoms with van der Waals surface area (Å²) >= 11 is 9.45. The molecule has 19 heavy (non-hydrogen) atoms. The average Bonchev–Trinajstić information content (AvgIpc) is 2.42. The molecule has 1 N–H and O–H groups in total. The molecule has 0 bridgehead atoms. The minimum absolute atomic E-state index is 0.0682. The predicted molar refractivity (Wildman–Crippen MR) is 79.8 cm³/mol. The van der Waals surface area contributed by atoms with Crippen LogP contribution >= 0.6 is 27.5 Å². The zero-order valence-corrected chi connectivity index (χ0v) is 13.2. The summed E-state index contributed by atoms with van der Waals surface area (Å²) in [5, 5.41) is 3.09. The van der Waals surface area contributed by atoms with Crippen molar-refractivity contribution in [3.8, 4) is 0 Å². The van der Waals surface area contributed by atoms with Gasteiger partial charge in [-0.2, -0.15) is 0 Å². The summed E-state index contributed by atoms with van der Waals surface area (Å²) in [5.41, 5.74) is 1.30. The number of carbonyl (C=O) groups is 1. The van der Waals surface area contributed by atoms with E-state index < -0.39 is 0 Å². The second-order valence-electron chi connectivity index (χ2n) is 4.94. The number of hydrogen-bond donors (Lipinski definition) is 1. The SMILES string of the molecule is Cc1ccc(Br)cc1C(=O)NC1(CCl)CCOCC1. The Hall–Kier alpha value is -0.580. The van der Waals surface area contributed by atoms with Crippen LogP contribution in [0.4, 0.5) is 0 Å². The van der Waals surface area contributed by atoms with Crippen LogP contribution in [0.15, 0.2) is 22.7 Å². The topological polar surface area (TPSA) is 38.3 Å². The Labute approximate surface area is 126 Å². The van der Waals surface area contributed by atoms with Gasteiger partial charge in [0.15, 0.2) is 0 Å². The first-order valence-electron chi connectivity index (χ1n) is 6.29. The van der Waals surface area contributed by atoms with Gasteiger partial charge in [0, 0.05) is 29.1 Å². The van der Waals surface area contributed by atoms with E-state index in [0.29, 0.717) is 24.7 Å². The fraction of sp³-hybridized carbons (Fsp3) is 0.500. The molecule has 0 aromatic heterocycles. The van der Waals surface area contributed by atoms with E-state index in [1.807, 2.05) is 25.1 Å². The fourth-order valence-corrected chi connectivity index (χ4v) is 2.90. The van der Waals surface area contributed by atoms with Crippen molar-refractivity contribution in [3.63, 3.8) is 0 Å². The highest BCUT2D eigenvalue weighted by Crippen LogP contribution is 2.24. The molecule has 1 saturated heterocycles. The van der Waals surface area contributed by atoms with E-state index >= 15 is 0 Å². The van der Waals surface area contributed by atoms with Crippen LogP contribution in [0.25, 0.3) is 0 Å². The Morgan fingerprint density at radius 1 is 1.47 bits per heavy atom. The van der Waals surface area contributed by atoms with Crippen molar-refractivity contribution in [2.45, 2.75) is 25.3 Å². The number of ether oxygens (including phenoxy) is 1. The summed E-state index contributed by atoms with van der Waals surface area (Å²) < 4.78 is 6.24. The Morgan fingerprint density at radius 2 is 2.16 bits per heavy atom. The van der Waals surface area contributed by atoms with Gasteiger partial charge in [0.2, 0.25) is 0 Å². The number of halogens is 2. The number of rotatable bonds is 3. The van der Waals surface area contributed by atoms with Gasteiger partial charge in [0.1, 0.15) is 0 Å². The zero-order valence-electron chi connectivity index (χ0n) is 10.8. The van der Waals surface area contributed by atoms with Crippen molar-refractivity contribution in [2.75, 3.05) is 19.1 Å². The van der Waals surface area contributed by atoms with Crippen molar-refractivity contribution in [3.05, 3.63) is 33.8 Å². The van der Waals surface area contributed by atoms with Crippen molar-refractivity contribution < 1.29 is 9.53 Å². The number of nitrogens with one attached hydrogen (secondary N) is 1. The first-order valence-corrected chi connectivity index (χ1v) is 7.61. The minimum atomic E-state index is -0.342. The largest absolute Gasteiger partial charge is 0.381 e. The third-order valence-corrected chi connectivity index (χ3v) is 4.53. The monoisotopic (exact) mass is 345 g/mol. The second kappa shape index (κ2) is 6.25. The van der Waals surface area contributed by atoms with Gasteiger partial charge in [0.25, 0.3) is 5.91 Å². The zero-order chi connectivity index (χ0) is 13.9. The maximum absolute atomic E-state index is 12.4. The lowest BCUT2D eigenvalue weighted by Crippen LogP contribution is -2.53. The summed E-state index contributed by atoms with van der Waals surface area (Å²) in [5.74, 6) is 0.344. The van der Waals surface area contributed by atoms with Crippen LogP contribution in [-0.4, -0.2) is 30.5 Å². The van der Waals surface area contributed by atoms with E-state index in [-0.39, 0.29) is 11.4 Å². The molecular weight excluding hydrogens is 330 g/mol. The maximum atomic E-state index is 12.4. The van der Waals surface area contributed by atoms with Gasteiger partial charge >= 0.3 is 0 Å². The Balaban J connectivity index is 2.17. The van der Waals surface area contributed by atoms with Crippen molar-refractivity contribution in [2.24, 2.45) is 0 Å². The van der Waals surface area contributed by atoms with Crippen LogP contribution in [0.5, 0.6) is 0 Å². The molecule has 1 amide bonds. The highest BCUT2D eigenvalue weighted by atomic mass is 79.9. The van der Waals surface area contributed by atoms with Gasteiger partial charge in [-0.25, -0.2) is 0 Å². The average molecular weight is 347 g/mol. The van der Waals surface area contributed by atoms with Crippen LogP contribution in [0.1, 0.15) is 28.8 Å². The number of benzene rings is 1. The molecule has 1 heterocycles. The maximum Gasteiger partial charge on any atom is 0.252 e. The van der Waals surface area contributed by atoms with Gasteiger partial charge in [-0.15, -0.1) is 11.6 Å². The quantitative estimate of drug-likeness (QED) is 0.853. The van der Waals surface area contributed by atoms with Gasteiger partial charge in [-0.05, 0) is 37.5 Å². The van der Waals surface area contributed by atoms with Gasteiger partial charge in [-0.1, -0.05) is 22.0 Å². The molecule has 0 atom stereocenters. The third kappa shape index (κ3) is 3.50. The summed E-state index contributed by atoms with van der Waals surface area (Å²) in [6, 6.07) is 5.69. The lowest BCUT2D eigenvalue weighted by Gasteiger charge is -2.36. The molecule has 0 aliphatic carbocycles. The number of aryl methyl sites for hydroxylation is 1. The number of alkyl halides is 1. The van der Waals surface area contributed by atoms with Gasteiger partial charge in [0.05, 0.1) is 5.54 Å². The number of hydrogen-bond acceptors (Lipinski definition) is 2. The van der Waals surface area contributed by atoms with Crippen molar-refractivity contribution in [1.29, 1.82) is 0 Å². The molecule has 0 radical (unpaired) electrons. The Bertz CT molecular complexity index is 473. The molecule has 1 aromatic carbocycles. The predicted octanol–water partition coefficient (Wildman–Crippen LogP) is 3.28. The second-order valence-corrected chi connectivity index (χ2v) is 6.12. The summed E-state index contributed by atoms with van der Waals surface area (Å²) in [4.78, 5) is 12.4. The number of amides is 1. The summed E-state index contributed by atoms with van der Waals surface area (Å²) in [7, 11) is 0. The molecule has 1 aromatic rings. The van der Waals surface area contributed by atoms with E-state index in [0.717, 1.165) is 22.9 Å². The first-order chi connectivity index (χ1) is 9.06. The molecule has 1 aliphatic rings. The van der Waals surface area contributed by atoms with E-state index in [2.05, 4.69) is 21.2 Å². The number of carbonyl (C=O) groups excluding carboxylic acids is 1. The van der Waals surface area contributed by atoms with E-state index in [4.69, 9.17) is 16.3 Å². The van der Waals surface area contributed by atoms with Gasteiger partial charge in [-0.3, -0.25) is 4.79 Å². The van der Waals surface area contributed by atoms with E-state index in [1.54, 1.807) is 0 Å². The minimum Gasteiger partial charge on any atom is -0.381 e. The molecule has 0 spiro atoms. The lowest BCUT2D eigenvalue weighted by atomic mass is 9.91. The molecule has 3 nitrogen and oxygen atoms in total. The fourth-order valence-electron chi connectivity index (χ4n) is 2.20. The van der Waals surface area contributed by atoms with Crippen LogP contribution in [-0.2, 0) is 4.74 Å². The molecular formula is C14H17BrClNO2. The molecule has 104 valence electrons. The molecule has 1 aliphatic heterocycles. The van der Waals surface area contributed by atoms with Crippen LogP contribution in [0, 0.1) is 6.92 Å². The van der Waals surface area contributed by atoms with Crippen LogP contribution in [0.3, 0.4) is 0 Å². The smallest absolute Gasteiger partial charge is 0.252 e. The third-order valence-electron chi connectivity index (χ3n) is 3.53. The standard InChI is InChI=1S/C14H17BrClNO2/c1-10-2-3-11(15)8-12(10)13(18)17-14(9-16)4-6-19-7-5-14/h2-3,8H,4-7,9H2,1H3,(H,17,18). The van der Waals surface area contributed by atoms with Crippen molar-refractivity contribution in [1.82, 2.24) is 5.32 Å². The van der Waals surface area contributed by atoms with E-state index in [9.17, 15) is 4.79 Å². The lowest BCUT2D eigenvalue weighted by molar-refractivity contribution is 0.0433. The van der Waals surface area contributed by atoms with E-state index in [1.165, 1.54) is 0 Å². The van der Waals surface area contributed by atoms with Crippen molar-refractivity contribution >= 4 is 33.4 Å². The molecule has 5 heteroatoms. The van der Waals surface area contributed by atoms with Crippen LogP contribution < -0.4 is 5.32 Å². The molecule has 0 saturated carbocycles.